The Balaban J connectivity index is 1.63. The summed E-state index contributed by atoms with van der Waals surface area (Å²) in [6.45, 7) is 7.54. The SMILES string of the molecule is CC1(C)CN(C(=O)C2CCC(=O)N2)CCN1Cc1ccccc1. The third-order valence-electron chi connectivity index (χ3n) is 4.90. The third kappa shape index (κ3) is 3.55. The zero-order chi connectivity index (χ0) is 16.4. The Morgan fingerprint density at radius 2 is 2.00 bits per heavy atom. The van der Waals surface area contributed by atoms with Gasteiger partial charge in [-0.25, -0.2) is 0 Å². The average molecular weight is 315 g/mol. The summed E-state index contributed by atoms with van der Waals surface area (Å²) in [5, 5.41) is 2.79. The molecular formula is C18H25N3O2. The fraction of sp³-hybridized carbons (Fsp3) is 0.556. The predicted molar refractivity (Wildman–Crippen MR) is 88.7 cm³/mol. The Morgan fingerprint density at radius 1 is 1.26 bits per heavy atom. The van der Waals surface area contributed by atoms with Crippen molar-refractivity contribution in [2.75, 3.05) is 19.6 Å². The smallest absolute Gasteiger partial charge is 0.245 e. The molecule has 2 fully saturated rings. The van der Waals surface area contributed by atoms with E-state index < -0.39 is 0 Å². The summed E-state index contributed by atoms with van der Waals surface area (Å²) in [4.78, 5) is 28.3. The van der Waals surface area contributed by atoms with Gasteiger partial charge in [-0.1, -0.05) is 30.3 Å². The number of benzene rings is 1. The van der Waals surface area contributed by atoms with Gasteiger partial charge in [0.25, 0.3) is 0 Å². The number of hydrogen-bond acceptors (Lipinski definition) is 3. The first-order valence-corrected chi connectivity index (χ1v) is 8.33. The first kappa shape index (κ1) is 16.0. The average Bonchev–Trinajstić information content (AvgIpc) is 2.96. The van der Waals surface area contributed by atoms with Crippen LogP contribution in [0.25, 0.3) is 0 Å². The molecule has 2 amide bonds. The van der Waals surface area contributed by atoms with Gasteiger partial charge in [0.15, 0.2) is 0 Å². The van der Waals surface area contributed by atoms with Crippen molar-refractivity contribution in [3.8, 4) is 0 Å². The molecule has 5 heteroatoms. The van der Waals surface area contributed by atoms with Crippen molar-refractivity contribution in [3.63, 3.8) is 0 Å². The lowest BCUT2D eigenvalue weighted by atomic mass is 9.97. The van der Waals surface area contributed by atoms with Crippen LogP contribution in [0, 0.1) is 0 Å². The molecule has 1 aromatic rings. The van der Waals surface area contributed by atoms with Crippen LogP contribution < -0.4 is 5.32 Å². The number of nitrogens with zero attached hydrogens (tertiary/aromatic N) is 2. The standard InChI is InChI=1S/C18H25N3O2/c1-18(2)13-20(17(23)15-8-9-16(22)19-15)10-11-21(18)12-14-6-4-3-5-7-14/h3-7,15H,8-13H2,1-2H3,(H,19,22). The molecule has 1 atom stereocenters. The van der Waals surface area contributed by atoms with Crippen LogP contribution in [0.4, 0.5) is 0 Å². The first-order chi connectivity index (χ1) is 11.0. The molecule has 2 aliphatic rings. The lowest BCUT2D eigenvalue weighted by Gasteiger charge is -2.47. The molecular weight excluding hydrogens is 290 g/mol. The summed E-state index contributed by atoms with van der Waals surface area (Å²) in [5.74, 6) is 0.0635. The molecule has 0 aromatic heterocycles. The van der Waals surface area contributed by atoms with Gasteiger partial charge in [0, 0.05) is 38.1 Å². The largest absolute Gasteiger partial charge is 0.344 e. The molecule has 1 unspecified atom stereocenters. The molecule has 1 N–H and O–H groups in total. The zero-order valence-corrected chi connectivity index (χ0v) is 13.9. The summed E-state index contributed by atoms with van der Waals surface area (Å²) in [6, 6.07) is 10.1. The van der Waals surface area contributed by atoms with Gasteiger partial charge in [-0.2, -0.15) is 0 Å². The van der Waals surface area contributed by atoms with Crippen molar-refractivity contribution >= 4 is 11.8 Å². The van der Waals surface area contributed by atoms with E-state index in [1.165, 1.54) is 5.56 Å². The molecule has 2 saturated heterocycles. The normalized spacial score (nSPS) is 24.5. The number of piperazine rings is 1. The topological polar surface area (TPSA) is 52.7 Å². The van der Waals surface area contributed by atoms with Crippen LogP contribution in [0.5, 0.6) is 0 Å². The van der Waals surface area contributed by atoms with Crippen LogP contribution in [-0.2, 0) is 16.1 Å². The minimum Gasteiger partial charge on any atom is -0.344 e. The van der Waals surface area contributed by atoms with Gasteiger partial charge in [0.2, 0.25) is 11.8 Å². The van der Waals surface area contributed by atoms with Crippen LogP contribution >= 0.6 is 0 Å². The van der Waals surface area contributed by atoms with Crippen LogP contribution in [-0.4, -0.2) is 52.8 Å². The maximum absolute atomic E-state index is 12.6. The molecule has 0 saturated carbocycles. The number of carbonyl (C=O) groups excluding carboxylic acids is 2. The molecule has 2 heterocycles. The van der Waals surface area contributed by atoms with Crippen molar-refractivity contribution in [1.82, 2.24) is 15.1 Å². The molecule has 0 aliphatic carbocycles. The van der Waals surface area contributed by atoms with E-state index in [-0.39, 0.29) is 23.4 Å². The molecule has 1 aromatic carbocycles. The highest BCUT2D eigenvalue weighted by molar-refractivity contribution is 5.90. The van der Waals surface area contributed by atoms with Gasteiger partial charge >= 0.3 is 0 Å². The van der Waals surface area contributed by atoms with Gasteiger partial charge < -0.3 is 10.2 Å². The second kappa shape index (κ2) is 6.32. The minimum atomic E-state index is -0.320. The van der Waals surface area contributed by atoms with Crippen molar-refractivity contribution in [2.45, 2.75) is 44.8 Å². The second-order valence-corrected chi connectivity index (χ2v) is 7.14. The Bertz CT molecular complexity index is 585. The fourth-order valence-corrected chi connectivity index (χ4v) is 3.49. The molecule has 124 valence electrons. The molecule has 0 bridgehead atoms. The molecule has 3 rings (SSSR count). The third-order valence-corrected chi connectivity index (χ3v) is 4.90. The highest BCUT2D eigenvalue weighted by Crippen LogP contribution is 2.24. The van der Waals surface area contributed by atoms with Gasteiger partial charge in [-0.15, -0.1) is 0 Å². The number of carbonyl (C=O) groups is 2. The first-order valence-electron chi connectivity index (χ1n) is 8.33. The van der Waals surface area contributed by atoms with Gasteiger partial charge in [-0.05, 0) is 25.8 Å². The Morgan fingerprint density at radius 3 is 2.61 bits per heavy atom. The number of hydrogen-bond donors (Lipinski definition) is 1. The highest BCUT2D eigenvalue weighted by atomic mass is 16.2. The van der Waals surface area contributed by atoms with Crippen LogP contribution in [0.2, 0.25) is 0 Å². The predicted octanol–water partition coefficient (Wildman–Crippen LogP) is 1.39. The lowest BCUT2D eigenvalue weighted by molar-refractivity contribution is -0.139. The minimum absolute atomic E-state index is 0.00896. The quantitative estimate of drug-likeness (QED) is 0.917. The molecule has 5 nitrogen and oxygen atoms in total. The summed E-state index contributed by atoms with van der Waals surface area (Å²) >= 11 is 0. The molecule has 23 heavy (non-hydrogen) atoms. The zero-order valence-electron chi connectivity index (χ0n) is 13.9. The van der Waals surface area contributed by atoms with Crippen molar-refractivity contribution < 1.29 is 9.59 Å². The summed E-state index contributed by atoms with van der Waals surface area (Å²) < 4.78 is 0. The van der Waals surface area contributed by atoms with E-state index in [9.17, 15) is 9.59 Å². The van der Waals surface area contributed by atoms with Gasteiger partial charge in [0.1, 0.15) is 6.04 Å². The summed E-state index contributed by atoms with van der Waals surface area (Å²) in [5.41, 5.74) is 1.22. The monoisotopic (exact) mass is 315 g/mol. The van der Waals surface area contributed by atoms with E-state index in [4.69, 9.17) is 0 Å². The number of nitrogens with one attached hydrogen (secondary N) is 1. The van der Waals surface area contributed by atoms with Gasteiger partial charge in [-0.3, -0.25) is 14.5 Å². The van der Waals surface area contributed by atoms with Crippen LogP contribution in [0.15, 0.2) is 30.3 Å². The number of amides is 2. The maximum Gasteiger partial charge on any atom is 0.245 e. The molecule has 0 radical (unpaired) electrons. The van der Waals surface area contributed by atoms with Crippen molar-refractivity contribution in [3.05, 3.63) is 35.9 Å². The van der Waals surface area contributed by atoms with Gasteiger partial charge in [0.05, 0.1) is 0 Å². The van der Waals surface area contributed by atoms with Crippen LogP contribution in [0.3, 0.4) is 0 Å². The van der Waals surface area contributed by atoms with E-state index in [1.807, 2.05) is 11.0 Å². The second-order valence-electron chi connectivity index (χ2n) is 7.14. The molecule has 2 aliphatic heterocycles. The van der Waals surface area contributed by atoms with Crippen LogP contribution in [0.1, 0.15) is 32.3 Å². The molecule has 0 spiro atoms. The van der Waals surface area contributed by atoms with E-state index in [2.05, 4.69) is 48.3 Å². The Hall–Kier alpha value is -1.88. The Labute approximate surface area is 137 Å². The maximum atomic E-state index is 12.6. The fourth-order valence-electron chi connectivity index (χ4n) is 3.49. The lowest BCUT2D eigenvalue weighted by Crippen LogP contribution is -2.61. The van der Waals surface area contributed by atoms with E-state index >= 15 is 0 Å². The highest BCUT2D eigenvalue weighted by Gasteiger charge is 2.38. The van der Waals surface area contributed by atoms with E-state index in [0.717, 1.165) is 19.6 Å². The van der Waals surface area contributed by atoms with E-state index in [1.54, 1.807) is 0 Å². The van der Waals surface area contributed by atoms with Crippen molar-refractivity contribution in [2.24, 2.45) is 0 Å². The van der Waals surface area contributed by atoms with Crippen molar-refractivity contribution in [1.29, 1.82) is 0 Å². The Kier molecular flexibility index (Phi) is 4.39. The number of rotatable bonds is 3. The summed E-state index contributed by atoms with van der Waals surface area (Å²) in [6.07, 6.45) is 1.09. The van der Waals surface area contributed by atoms with E-state index in [0.29, 0.717) is 19.4 Å². The summed E-state index contributed by atoms with van der Waals surface area (Å²) in [7, 11) is 0.